The van der Waals surface area contributed by atoms with Crippen LogP contribution in [0.3, 0.4) is 0 Å². The molecule has 1 amide bonds. The van der Waals surface area contributed by atoms with Gasteiger partial charge in [-0.3, -0.25) is 9.59 Å². The van der Waals surface area contributed by atoms with E-state index < -0.39 is 5.56 Å². The predicted molar refractivity (Wildman–Crippen MR) is 121 cm³/mol. The van der Waals surface area contributed by atoms with Gasteiger partial charge in [-0.1, -0.05) is 6.07 Å². The van der Waals surface area contributed by atoms with Crippen molar-refractivity contribution in [3.63, 3.8) is 0 Å². The number of carbonyl (C=O) groups excluding carboxylic acids is 1. The van der Waals surface area contributed by atoms with E-state index in [9.17, 15) is 14.7 Å². The Kier molecular flexibility index (Phi) is 6.82. The third-order valence-electron chi connectivity index (χ3n) is 5.57. The average Bonchev–Trinajstić information content (AvgIpc) is 3.46. The van der Waals surface area contributed by atoms with E-state index in [1.54, 1.807) is 23.1 Å². The van der Waals surface area contributed by atoms with Gasteiger partial charge in [0.15, 0.2) is 0 Å². The van der Waals surface area contributed by atoms with Crippen molar-refractivity contribution in [1.82, 2.24) is 20.1 Å². The van der Waals surface area contributed by atoms with Gasteiger partial charge in [-0.15, -0.1) is 10.2 Å². The van der Waals surface area contributed by atoms with E-state index in [1.165, 1.54) is 14.2 Å². The molecule has 1 saturated heterocycles. The van der Waals surface area contributed by atoms with Crippen LogP contribution in [0.15, 0.2) is 27.4 Å². The Morgan fingerprint density at radius 1 is 1.12 bits per heavy atom. The standard InChI is InChI=1S/C23H26N4O7/c1-4-33-12-13-18(19-14(31-2)7-5-8-15(19)32-3)21(29)20(22(30)24-13)23-26-25-16(34-23)11-27-10-6-9-17(27)28/h5,7-8H,4,6,9-12H2,1-3H3,(H2,24,29,30). The van der Waals surface area contributed by atoms with E-state index >= 15 is 0 Å². The number of nitrogens with one attached hydrogen (secondary N) is 1. The molecule has 0 bridgehead atoms. The summed E-state index contributed by atoms with van der Waals surface area (Å²) in [6.45, 7) is 2.99. The Balaban J connectivity index is 1.85. The van der Waals surface area contributed by atoms with E-state index in [1.807, 2.05) is 6.92 Å². The summed E-state index contributed by atoms with van der Waals surface area (Å²) in [5.74, 6) is 0.464. The molecule has 0 aliphatic carbocycles. The second-order valence-corrected chi connectivity index (χ2v) is 7.63. The normalized spacial score (nSPS) is 13.5. The maximum atomic E-state index is 13.0. The van der Waals surface area contributed by atoms with Crippen LogP contribution >= 0.6 is 0 Å². The van der Waals surface area contributed by atoms with Gasteiger partial charge < -0.3 is 33.6 Å². The highest BCUT2D eigenvalue weighted by molar-refractivity contribution is 5.86. The van der Waals surface area contributed by atoms with E-state index in [-0.39, 0.29) is 47.7 Å². The van der Waals surface area contributed by atoms with Crippen LogP contribution in [0, 0.1) is 0 Å². The molecule has 0 unspecified atom stereocenters. The molecule has 1 aliphatic rings. The monoisotopic (exact) mass is 470 g/mol. The smallest absolute Gasteiger partial charge is 0.264 e. The number of benzene rings is 1. The number of aromatic amines is 1. The number of hydrogen-bond donors (Lipinski definition) is 2. The Hall–Kier alpha value is -3.86. The number of carbonyl (C=O) groups is 1. The van der Waals surface area contributed by atoms with Crippen molar-refractivity contribution in [3.05, 3.63) is 40.1 Å². The first-order chi connectivity index (χ1) is 16.5. The maximum Gasteiger partial charge on any atom is 0.264 e. The number of amides is 1. The lowest BCUT2D eigenvalue weighted by Crippen LogP contribution is -2.23. The van der Waals surface area contributed by atoms with Gasteiger partial charge in [-0.05, 0) is 25.5 Å². The molecular weight excluding hydrogens is 444 g/mol. The molecule has 3 aromatic rings. The van der Waals surface area contributed by atoms with Gasteiger partial charge in [0.25, 0.3) is 11.4 Å². The number of nitrogens with zero attached hydrogens (tertiary/aromatic N) is 3. The Morgan fingerprint density at radius 2 is 1.85 bits per heavy atom. The zero-order chi connectivity index (χ0) is 24.2. The number of aromatic nitrogens is 3. The summed E-state index contributed by atoms with van der Waals surface area (Å²) in [6, 6.07) is 5.17. The summed E-state index contributed by atoms with van der Waals surface area (Å²) in [6.07, 6.45) is 1.25. The van der Waals surface area contributed by atoms with Crippen molar-refractivity contribution in [2.75, 3.05) is 27.4 Å². The van der Waals surface area contributed by atoms with Crippen LogP contribution < -0.4 is 15.0 Å². The molecule has 180 valence electrons. The Morgan fingerprint density at radius 3 is 2.47 bits per heavy atom. The van der Waals surface area contributed by atoms with Crippen LogP contribution in [-0.2, 0) is 22.7 Å². The van der Waals surface area contributed by atoms with Gasteiger partial charge >= 0.3 is 0 Å². The van der Waals surface area contributed by atoms with Gasteiger partial charge in [0.1, 0.15) is 22.8 Å². The summed E-state index contributed by atoms with van der Waals surface area (Å²) in [5, 5.41) is 19.3. The lowest BCUT2D eigenvalue weighted by molar-refractivity contribution is -0.128. The van der Waals surface area contributed by atoms with Crippen molar-refractivity contribution in [2.45, 2.75) is 32.9 Å². The maximum absolute atomic E-state index is 13.0. The van der Waals surface area contributed by atoms with Crippen LogP contribution in [0.5, 0.6) is 17.2 Å². The second-order valence-electron chi connectivity index (χ2n) is 7.63. The van der Waals surface area contributed by atoms with Crippen LogP contribution in [0.2, 0.25) is 0 Å². The highest BCUT2D eigenvalue weighted by atomic mass is 16.5. The Bertz CT molecular complexity index is 1230. The van der Waals surface area contributed by atoms with Crippen molar-refractivity contribution in [1.29, 1.82) is 0 Å². The largest absolute Gasteiger partial charge is 0.506 e. The average molecular weight is 470 g/mol. The van der Waals surface area contributed by atoms with E-state index in [0.29, 0.717) is 42.3 Å². The lowest BCUT2D eigenvalue weighted by Gasteiger charge is -2.18. The fraction of sp³-hybridized carbons (Fsp3) is 0.391. The fourth-order valence-electron chi connectivity index (χ4n) is 3.97. The molecule has 1 fully saturated rings. The number of hydrogen-bond acceptors (Lipinski definition) is 9. The molecule has 0 atom stereocenters. The van der Waals surface area contributed by atoms with Crippen LogP contribution in [-0.4, -0.2) is 58.5 Å². The molecule has 0 saturated carbocycles. The summed E-state index contributed by atoms with van der Waals surface area (Å²) < 4.78 is 22.2. The molecule has 1 aromatic carbocycles. The van der Waals surface area contributed by atoms with Gasteiger partial charge in [0.05, 0.1) is 44.2 Å². The summed E-state index contributed by atoms with van der Waals surface area (Å²) in [4.78, 5) is 29.3. The molecule has 11 nitrogen and oxygen atoms in total. The quantitative estimate of drug-likeness (QED) is 0.482. The predicted octanol–water partition coefficient (Wildman–Crippen LogP) is 2.47. The second kappa shape index (κ2) is 9.96. The number of pyridine rings is 1. The zero-order valence-corrected chi connectivity index (χ0v) is 19.2. The SMILES string of the molecule is CCOCc1[nH]c(=O)c(-c2nnc(CN3CCCC3=O)o2)c(O)c1-c1c(OC)cccc1OC. The number of rotatable bonds is 9. The highest BCUT2D eigenvalue weighted by Gasteiger charge is 2.28. The number of likely N-dealkylation sites (tertiary alicyclic amines) is 1. The first-order valence-corrected chi connectivity index (χ1v) is 10.9. The number of aromatic hydroxyl groups is 1. The molecule has 2 aromatic heterocycles. The minimum Gasteiger partial charge on any atom is -0.506 e. The molecule has 2 N–H and O–H groups in total. The van der Waals surface area contributed by atoms with Crippen molar-refractivity contribution in [2.24, 2.45) is 0 Å². The van der Waals surface area contributed by atoms with Crippen molar-refractivity contribution < 1.29 is 28.5 Å². The zero-order valence-electron chi connectivity index (χ0n) is 19.2. The molecule has 34 heavy (non-hydrogen) atoms. The van der Waals surface area contributed by atoms with E-state index in [2.05, 4.69) is 15.2 Å². The number of H-pyrrole nitrogens is 1. The van der Waals surface area contributed by atoms with Gasteiger partial charge in [0, 0.05) is 19.6 Å². The molecular formula is C23H26N4O7. The van der Waals surface area contributed by atoms with E-state index in [4.69, 9.17) is 18.6 Å². The molecule has 0 radical (unpaired) electrons. The molecule has 0 spiro atoms. The summed E-state index contributed by atoms with van der Waals surface area (Å²) >= 11 is 0. The molecule has 1 aliphatic heterocycles. The van der Waals surface area contributed by atoms with Gasteiger partial charge in [0.2, 0.25) is 11.8 Å². The third-order valence-corrected chi connectivity index (χ3v) is 5.57. The van der Waals surface area contributed by atoms with Crippen molar-refractivity contribution >= 4 is 5.91 Å². The van der Waals surface area contributed by atoms with E-state index in [0.717, 1.165) is 6.42 Å². The minimum atomic E-state index is -0.628. The van der Waals surface area contributed by atoms with Crippen LogP contribution in [0.25, 0.3) is 22.6 Å². The van der Waals surface area contributed by atoms with Gasteiger partial charge in [-0.25, -0.2) is 0 Å². The Labute approximate surface area is 195 Å². The minimum absolute atomic E-state index is 0.00581. The topological polar surface area (TPSA) is 140 Å². The summed E-state index contributed by atoms with van der Waals surface area (Å²) in [7, 11) is 2.99. The molecule has 11 heteroatoms. The first kappa shape index (κ1) is 23.3. The highest BCUT2D eigenvalue weighted by Crippen LogP contribution is 2.46. The summed E-state index contributed by atoms with van der Waals surface area (Å²) in [5.41, 5.74) is 0.191. The number of ether oxygens (including phenoxy) is 3. The number of methoxy groups -OCH3 is 2. The third kappa shape index (κ3) is 4.34. The lowest BCUT2D eigenvalue weighted by atomic mass is 9.98. The fourth-order valence-corrected chi connectivity index (χ4v) is 3.97. The van der Waals surface area contributed by atoms with Crippen LogP contribution in [0.4, 0.5) is 0 Å². The molecule has 3 heterocycles. The molecule has 4 rings (SSSR count). The van der Waals surface area contributed by atoms with Crippen molar-refractivity contribution in [3.8, 4) is 39.8 Å². The first-order valence-electron chi connectivity index (χ1n) is 10.9. The van der Waals surface area contributed by atoms with Gasteiger partial charge in [-0.2, -0.15) is 0 Å². The van der Waals surface area contributed by atoms with Crippen LogP contribution in [0.1, 0.15) is 31.4 Å².